The van der Waals surface area contributed by atoms with Crippen LogP contribution in [0.15, 0.2) is 85.1 Å². The van der Waals surface area contributed by atoms with Crippen LogP contribution in [0, 0.1) is 0 Å². The molecule has 0 aromatic carbocycles. The van der Waals surface area contributed by atoms with Gasteiger partial charge >= 0.3 is 17.9 Å². The van der Waals surface area contributed by atoms with Crippen LogP contribution in [0.2, 0.25) is 0 Å². The van der Waals surface area contributed by atoms with Crippen molar-refractivity contribution in [1.29, 1.82) is 0 Å². The van der Waals surface area contributed by atoms with Crippen molar-refractivity contribution in [1.82, 2.24) is 0 Å². The average Bonchev–Trinajstić information content (AvgIpc) is 3.40. The summed E-state index contributed by atoms with van der Waals surface area (Å²) in [6, 6.07) is 0. The minimum atomic E-state index is -0.790. The maximum absolute atomic E-state index is 12.9. The van der Waals surface area contributed by atoms with Gasteiger partial charge in [0.1, 0.15) is 13.2 Å². The fourth-order valence-corrected chi connectivity index (χ4v) is 8.87. The van der Waals surface area contributed by atoms with Crippen LogP contribution in [0.4, 0.5) is 0 Å². The molecule has 0 rings (SSSR count). The summed E-state index contributed by atoms with van der Waals surface area (Å²) in [6.45, 7) is 6.51. The van der Waals surface area contributed by atoms with E-state index in [4.69, 9.17) is 14.2 Å². The van der Waals surface area contributed by atoms with E-state index in [0.717, 1.165) is 109 Å². The van der Waals surface area contributed by atoms with Gasteiger partial charge in [-0.3, -0.25) is 14.4 Å². The molecule has 426 valence electrons. The van der Waals surface area contributed by atoms with Gasteiger partial charge in [0.15, 0.2) is 6.10 Å². The summed E-state index contributed by atoms with van der Waals surface area (Å²) < 4.78 is 16.9. The second-order valence-corrected chi connectivity index (χ2v) is 20.9. The number of carbonyl (C=O) groups is 3. The Morgan fingerprint density at radius 2 is 0.527 bits per heavy atom. The molecule has 0 heterocycles. The Labute approximate surface area is 458 Å². The summed E-state index contributed by atoms with van der Waals surface area (Å²) in [5, 5.41) is 0. The lowest BCUT2D eigenvalue weighted by atomic mass is 10.0. The molecule has 0 saturated carbocycles. The summed E-state index contributed by atoms with van der Waals surface area (Å²) in [5.74, 6) is -0.899. The number of carbonyl (C=O) groups excluding carboxylic acids is 3. The zero-order valence-corrected chi connectivity index (χ0v) is 48.8. The molecular weight excluding hydrogens is 913 g/mol. The third kappa shape index (κ3) is 59.5. The summed E-state index contributed by atoms with van der Waals surface area (Å²) in [6.07, 6.45) is 81.5. The third-order valence-corrected chi connectivity index (χ3v) is 13.6. The topological polar surface area (TPSA) is 78.9 Å². The Hall–Kier alpha value is -3.41. The minimum Gasteiger partial charge on any atom is -0.462 e. The first-order valence-corrected chi connectivity index (χ1v) is 31.6. The lowest BCUT2D eigenvalue weighted by Crippen LogP contribution is -2.30. The fourth-order valence-electron chi connectivity index (χ4n) is 8.87. The van der Waals surface area contributed by atoms with Gasteiger partial charge in [-0.05, 0) is 116 Å². The van der Waals surface area contributed by atoms with Crippen molar-refractivity contribution >= 4 is 17.9 Å². The molecule has 0 aliphatic rings. The average molecular weight is 1030 g/mol. The number of unbranched alkanes of at least 4 members (excludes halogenated alkanes) is 32. The smallest absolute Gasteiger partial charge is 0.306 e. The van der Waals surface area contributed by atoms with Crippen LogP contribution >= 0.6 is 0 Å². The summed E-state index contributed by atoms with van der Waals surface area (Å²) in [7, 11) is 0. The highest BCUT2D eigenvalue weighted by Crippen LogP contribution is 2.16. The van der Waals surface area contributed by atoms with Crippen LogP contribution in [0.5, 0.6) is 0 Å². The van der Waals surface area contributed by atoms with E-state index in [1.54, 1.807) is 0 Å². The second-order valence-electron chi connectivity index (χ2n) is 20.9. The predicted octanol–water partition coefficient (Wildman–Crippen LogP) is 21.5. The van der Waals surface area contributed by atoms with Crippen molar-refractivity contribution in [3.63, 3.8) is 0 Å². The summed E-state index contributed by atoms with van der Waals surface area (Å²) in [5.41, 5.74) is 0. The molecule has 0 aromatic rings. The Morgan fingerprint density at radius 1 is 0.284 bits per heavy atom. The molecular formula is C68H118O6. The molecule has 0 aliphatic carbocycles. The Morgan fingerprint density at radius 3 is 0.838 bits per heavy atom. The van der Waals surface area contributed by atoms with Crippen LogP contribution in [0.25, 0.3) is 0 Å². The lowest BCUT2D eigenvalue weighted by Gasteiger charge is -2.18. The molecule has 0 aromatic heterocycles. The maximum Gasteiger partial charge on any atom is 0.306 e. The van der Waals surface area contributed by atoms with E-state index >= 15 is 0 Å². The lowest BCUT2D eigenvalue weighted by molar-refractivity contribution is -0.167. The van der Waals surface area contributed by atoms with Crippen LogP contribution in [0.3, 0.4) is 0 Å². The zero-order valence-electron chi connectivity index (χ0n) is 48.8. The van der Waals surface area contributed by atoms with Crippen LogP contribution in [-0.4, -0.2) is 37.2 Å². The number of esters is 3. The molecule has 0 N–H and O–H groups in total. The van der Waals surface area contributed by atoms with Crippen LogP contribution < -0.4 is 0 Å². The van der Waals surface area contributed by atoms with Gasteiger partial charge in [-0.2, -0.15) is 0 Å². The van der Waals surface area contributed by atoms with Gasteiger partial charge in [0.05, 0.1) is 0 Å². The molecule has 0 amide bonds. The standard InChI is InChI=1S/C68H118O6/c1-4-7-10-13-16-19-22-25-28-30-32-33-34-35-37-38-40-43-46-49-52-55-58-61-67(70)73-64-65(63-72-66(69)60-57-54-51-48-45-42-27-24-21-18-15-12-9-6-3)74-68(71)62-59-56-53-50-47-44-41-39-36-31-29-26-23-20-17-14-11-8-5-2/h8,11,17,20,22,24-27,29-30,32,36,39,65H,4-7,9-10,12-16,18-19,21,23,28,31,33-35,37-38,40-64H2,1-3H3/b11-8-,20-17-,25-22-,27-24-,29-26-,32-30-,39-36-. The van der Waals surface area contributed by atoms with Gasteiger partial charge in [-0.25, -0.2) is 0 Å². The van der Waals surface area contributed by atoms with Gasteiger partial charge in [-0.1, -0.05) is 260 Å². The molecule has 0 saturated heterocycles. The number of hydrogen-bond donors (Lipinski definition) is 0. The number of rotatable bonds is 57. The largest absolute Gasteiger partial charge is 0.462 e. The monoisotopic (exact) mass is 1030 g/mol. The van der Waals surface area contributed by atoms with E-state index in [1.807, 2.05) is 0 Å². The van der Waals surface area contributed by atoms with Crippen molar-refractivity contribution in [2.24, 2.45) is 0 Å². The van der Waals surface area contributed by atoms with Gasteiger partial charge in [0.2, 0.25) is 0 Å². The quantitative estimate of drug-likeness (QED) is 0.0261. The van der Waals surface area contributed by atoms with Crippen molar-refractivity contribution in [2.75, 3.05) is 13.2 Å². The Kier molecular flexibility index (Phi) is 59.3. The van der Waals surface area contributed by atoms with Crippen molar-refractivity contribution in [3.8, 4) is 0 Å². The van der Waals surface area contributed by atoms with Crippen molar-refractivity contribution in [3.05, 3.63) is 85.1 Å². The molecule has 0 spiro atoms. The van der Waals surface area contributed by atoms with Gasteiger partial charge in [-0.15, -0.1) is 0 Å². The Balaban J connectivity index is 4.37. The van der Waals surface area contributed by atoms with E-state index in [1.165, 1.54) is 161 Å². The van der Waals surface area contributed by atoms with E-state index in [0.29, 0.717) is 19.3 Å². The molecule has 0 aliphatic heterocycles. The maximum atomic E-state index is 12.9. The van der Waals surface area contributed by atoms with Crippen LogP contribution in [0.1, 0.15) is 310 Å². The highest BCUT2D eigenvalue weighted by atomic mass is 16.6. The van der Waals surface area contributed by atoms with Crippen molar-refractivity contribution < 1.29 is 28.6 Å². The molecule has 0 fully saturated rings. The summed E-state index contributed by atoms with van der Waals surface area (Å²) >= 11 is 0. The first kappa shape index (κ1) is 70.6. The van der Waals surface area contributed by atoms with Crippen molar-refractivity contribution in [2.45, 2.75) is 316 Å². The molecule has 0 bridgehead atoms. The number of hydrogen-bond acceptors (Lipinski definition) is 6. The SMILES string of the molecule is CC/C=C\C/C=C\C/C=C\C/C=C\CCCCCCCCC(=O)OC(COC(=O)CCCCCCC/C=C\CCCCCCC)COC(=O)CCCCCCCCCCCCC/C=C\C/C=C\CCCCCCC. The molecule has 74 heavy (non-hydrogen) atoms. The molecule has 6 heteroatoms. The fraction of sp³-hybridized carbons (Fsp3) is 0.750. The first-order valence-electron chi connectivity index (χ1n) is 31.6. The second kappa shape index (κ2) is 62.1. The molecule has 0 radical (unpaired) electrons. The van der Waals surface area contributed by atoms with Gasteiger partial charge in [0, 0.05) is 19.3 Å². The predicted molar refractivity (Wildman–Crippen MR) is 321 cm³/mol. The highest BCUT2D eigenvalue weighted by Gasteiger charge is 2.19. The number of ether oxygens (including phenoxy) is 3. The molecule has 6 nitrogen and oxygen atoms in total. The molecule has 1 atom stereocenters. The molecule has 1 unspecified atom stereocenters. The van der Waals surface area contributed by atoms with E-state index in [-0.39, 0.29) is 31.1 Å². The van der Waals surface area contributed by atoms with Crippen LogP contribution in [-0.2, 0) is 28.6 Å². The zero-order chi connectivity index (χ0) is 53.6. The summed E-state index contributed by atoms with van der Waals surface area (Å²) in [4.78, 5) is 38.3. The van der Waals surface area contributed by atoms with E-state index in [2.05, 4.69) is 106 Å². The minimum absolute atomic E-state index is 0.0852. The third-order valence-electron chi connectivity index (χ3n) is 13.6. The number of allylic oxidation sites excluding steroid dienone is 14. The Bertz CT molecular complexity index is 1420. The normalized spacial score (nSPS) is 12.6. The highest BCUT2D eigenvalue weighted by molar-refractivity contribution is 5.71. The first-order chi connectivity index (χ1) is 36.5. The van der Waals surface area contributed by atoms with E-state index < -0.39 is 6.10 Å². The van der Waals surface area contributed by atoms with Gasteiger partial charge in [0.25, 0.3) is 0 Å². The van der Waals surface area contributed by atoms with E-state index in [9.17, 15) is 14.4 Å². The van der Waals surface area contributed by atoms with Gasteiger partial charge < -0.3 is 14.2 Å².